The minimum absolute atomic E-state index is 0.0902. The minimum Gasteiger partial charge on any atom is -0.309 e. The van der Waals surface area contributed by atoms with Crippen LogP contribution in [-0.4, -0.2) is 12.5 Å². The topological polar surface area (TPSA) is 20.3 Å². The van der Waals surface area contributed by atoms with E-state index in [0.717, 1.165) is 25.0 Å². The lowest BCUT2D eigenvalue weighted by Gasteiger charge is -2.16. The molecule has 0 saturated heterocycles. The highest BCUT2D eigenvalue weighted by Crippen LogP contribution is 2.31. The fourth-order valence-corrected chi connectivity index (χ4v) is 1.38. The Kier molecular flexibility index (Phi) is 2.19. The normalized spacial score (nSPS) is 15.3. The zero-order valence-electron chi connectivity index (χ0n) is 7.41. The smallest absolute Gasteiger partial charge is 0.214 e. The monoisotopic (exact) mass is 197 g/mol. The summed E-state index contributed by atoms with van der Waals surface area (Å²) in [6.45, 7) is 0. The maximum Gasteiger partial charge on any atom is 0.214 e. The highest BCUT2D eigenvalue weighted by Gasteiger charge is 2.30. The number of benzene rings is 1. The van der Waals surface area contributed by atoms with Crippen molar-refractivity contribution in [3.05, 3.63) is 29.8 Å². The number of halogens is 2. The largest absolute Gasteiger partial charge is 0.309 e. The molecule has 1 aliphatic carbocycles. The van der Waals surface area contributed by atoms with Crippen LogP contribution in [0.3, 0.4) is 0 Å². The summed E-state index contributed by atoms with van der Waals surface area (Å²) in [5.74, 6) is -1.32. The van der Waals surface area contributed by atoms with Gasteiger partial charge in [-0.25, -0.2) is 8.78 Å². The van der Waals surface area contributed by atoms with Crippen molar-refractivity contribution in [3.63, 3.8) is 0 Å². The lowest BCUT2D eigenvalue weighted by molar-refractivity contribution is -0.107. The molecule has 0 spiro atoms. The van der Waals surface area contributed by atoms with Crippen molar-refractivity contribution in [2.75, 3.05) is 4.90 Å². The molecule has 0 aliphatic heterocycles. The molecular weight excluding hydrogens is 188 g/mol. The van der Waals surface area contributed by atoms with Crippen LogP contribution in [0.15, 0.2) is 18.2 Å². The molecule has 0 N–H and O–H groups in total. The maximum atomic E-state index is 13.2. The van der Waals surface area contributed by atoms with Gasteiger partial charge in [0.15, 0.2) is 0 Å². The summed E-state index contributed by atoms with van der Waals surface area (Å²) in [4.78, 5) is 12.0. The van der Waals surface area contributed by atoms with E-state index in [1.165, 1.54) is 11.0 Å². The van der Waals surface area contributed by atoms with Crippen LogP contribution in [0, 0.1) is 11.6 Å². The van der Waals surface area contributed by atoms with Crippen molar-refractivity contribution >= 4 is 12.1 Å². The molecule has 1 saturated carbocycles. The predicted molar refractivity (Wildman–Crippen MR) is 47.9 cm³/mol. The van der Waals surface area contributed by atoms with Gasteiger partial charge < -0.3 is 4.90 Å². The molecule has 1 aliphatic rings. The summed E-state index contributed by atoms with van der Waals surface area (Å²) in [7, 11) is 0. The quantitative estimate of drug-likeness (QED) is 0.679. The van der Waals surface area contributed by atoms with E-state index in [-0.39, 0.29) is 11.7 Å². The Hall–Kier alpha value is -1.45. The molecule has 1 aromatic carbocycles. The van der Waals surface area contributed by atoms with E-state index in [1.807, 2.05) is 0 Å². The van der Waals surface area contributed by atoms with E-state index in [0.29, 0.717) is 6.41 Å². The summed E-state index contributed by atoms with van der Waals surface area (Å²) >= 11 is 0. The molecule has 0 bridgehead atoms. The third-order valence-corrected chi connectivity index (χ3v) is 2.24. The molecule has 1 amide bonds. The Morgan fingerprint density at radius 1 is 1.36 bits per heavy atom. The number of anilines is 1. The first-order valence-corrected chi connectivity index (χ1v) is 4.41. The highest BCUT2D eigenvalue weighted by molar-refractivity contribution is 5.77. The second kappa shape index (κ2) is 3.36. The van der Waals surface area contributed by atoms with Crippen molar-refractivity contribution in [2.45, 2.75) is 18.9 Å². The van der Waals surface area contributed by atoms with Crippen molar-refractivity contribution in [3.8, 4) is 0 Å². The number of rotatable bonds is 3. The number of carbonyl (C=O) groups excluding carboxylic acids is 1. The Morgan fingerprint density at radius 3 is 2.57 bits per heavy atom. The van der Waals surface area contributed by atoms with E-state index in [4.69, 9.17) is 0 Å². The van der Waals surface area contributed by atoms with Crippen molar-refractivity contribution in [1.29, 1.82) is 0 Å². The Bertz CT molecular complexity index is 363. The van der Waals surface area contributed by atoms with Crippen LogP contribution in [0.5, 0.6) is 0 Å². The van der Waals surface area contributed by atoms with E-state index in [9.17, 15) is 13.6 Å². The van der Waals surface area contributed by atoms with Gasteiger partial charge in [0.2, 0.25) is 6.41 Å². The highest BCUT2D eigenvalue weighted by atomic mass is 19.1. The van der Waals surface area contributed by atoms with Crippen LogP contribution in [0.1, 0.15) is 12.8 Å². The number of nitrogens with zero attached hydrogens (tertiary/aromatic N) is 1. The first-order chi connectivity index (χ1) is 6.72. The summed E-state index contributed by atoms with van der Waals surface area (Å²) in [6, 6.07) is 3.32. The molecular formula is C10H9F2NO. The fraction of sp³-hybridized carbons (Fsp3) is 0.300. The predicted octanol–water partition coefficient (Wildman–Crippen LogP) is 2.09. The van der Waals surface area contributed by atoms with E-state index in [1.54, 1.807) is 0 Å². The number of amides is 1. The molecule has 1 aromatic rings. The molecule has 0 heterocycles. The lowest BCUT2D eigenvalue weighted by atomic mass is 10.2. The van der Waals surface area contributed by atoms with E-state index in [2.05, 4.69) is 0 Å². The minimum atomic E-state index is -0.691. The van der Waals surface area contributed by atoms with Crippen LogP contribution >= 0.6 is 0 Å². The van der Waals surface area contributed by atoms with Gasteiger partial charge in [-0.3, -0.25) is 4.79 Å². The van der Waals surface area contributed by atoms with Crippen LogP contribution < -0.4 is 4.90 Å². The first-order valence-electron chi connectivity index (χ1n) is 4.41. The van der Waals surface area contributed by atoms with Gasteiger partial charge in [-0.15, -0.1) is 0 Å². The van der Waals surface area contributed by atoms with Crippen LogP contribution in [-0.2, 0) is 4.79 Å². The van der Waals surface area contributed by atoms with Crippen LogP contribution in [0.25, 0.3) is 0 Å². The zero-order valence-corrected chi connectivity index (χ0v) is 7.41. The number of hydrogen-bond acceptors (Lipinski definition) is 1. The molecule has 0 aromatic heterocycles. The summed E-state index contributed by atoms with van der Waals surface area (Å²) in [6.07, 6.45) is 2.36. The average molecular weight is 197 g/mol. The lowest BCUT2D eigenvalue weighted by Crippen LogP contribution is -2.24. The third kappa shape index (κ3) is 1.60. The van der Waals surface area contributed by atoms with Gasteiger partial charge in [-0.2, -0.15) is 0 Å². The van der Waals surface area contributed by atoms with Gasteiger partial charge >= 0.3 is 0 Å². The molecule has 0 atom stereocenters. The van der Waals surface area contributed by atoms with Crippen LogP contribution in [0.2, 0.25) is 0 Å². The molecule has 0 unspecified atom stereocenters. The number of hydrogen-bond donors (Lipinski definition) is 0. The standard InChI is InChI=1S/C10H9F2NO/c11-7-1-4-10(9(12)5-7)13(6-14)8-2-3-8/h1,4-6,8H,2-3H2. The van der Waals surface area contributed by atoms with Crippen LogP contribution in [0.4, 0.5) is 14.5 Å². The van der Waals surface area contributed by atoms with Gasteiger partial charge in [0.05, 0.1) is 5.69 Å². The van der Waals surface area contributed by atoms with Gasteiger partial charge in [0, 0.05) is 12.1 Å². The summed E-state index contributed by atoms with van der Waals surface area (Å²) in [5, 5.41) is 0. The fourth-order valence-electron chi connectivity index (χ4n) is 1.38. The number of carbonyl (C=O) groups is 1. The second-order valence-corrected chi connectivity index (χ2v) is 3.34. The maximum absolute atomic E-state index is 13.2. The molecule has 2 nitrogen and oxygen atoms in total. The molecule has 14 heavy (non-hydrogen) atoms. The summed E-state index contributed by atoms with van der Waals surface area (Å²) in [5.41, 5.74) is 0.156. The van der Waals surface area contributed by atoms with E-state index < -0.39 is 11.6 Å². The van der Waals surface area contributed by atoms with Crippen molar-refractivity contribution in [2.24, 2.45) is 0 Å². The van der Waals surface area contributed by atoms with E-state index >= 15 is 0 Å². The first kappa shape index (κ1) is 9.12. The van der Waals surface area contributed by atoms with Gasteiger partial charge in [-0.05, 0) is 25.0 Å². The molecule has 1 fully saturated rings. The van der Waals surface area contributed by atoms with Crippen molar-refractivity contribution < 1.29 is 13.6 Å². The third-order valence-electron chi connectivity index (χ3n) is 2.24. The zero-order chi connectivity index (χ0) is 10.1. The molecule has 2 rings (SSSR count). The molecule has 4 heteroatoms. The summed E-state index contributed by atoms with van der Waals surface area (Å²) < 4.78 is 25.8. The van der Waals surface area contributed by atoms with Gasteiger partial charge in [-0.1, -0.05) is 0 Å². The Balaban J connectivity index is 2.33. The van der Waals surface area contributed by atoms with Crippen molar-refractivity contribution in [1.82, 2.24) is 0 Å². The molecule has 0 radical (unpaired) electrons. The Labute approximate surface area is 80.1 Å². The molecule has 74 valence electrons. The average Bonchev–Trinajstić information content (AvgIpc) is 2.93. The SMILES string of the molecule is O=CN(c1ccc(F)cc1F)C1CC1. The van der Waals surface area contributed by atoms with Gasteiger partial charge in [0.1, 0.15) is 11.6 Å². The van der Waals surface area contributed by atoms with Gasteiger partial charge in [0.25, 0.3) is 0 Å². The second-order valence-electron chi connectivity index (χ2n) is 3.34. The Morgan fingerprint density at radius 2 is 2.07 bits per heavy atom.